The van der Waals surface area contributed by atoms with E-state index in [0.29, 0.717) is 5.56 Å². The summed E-state index contributed by atoms with van der Waals surface area (Å²) in [5.41, 5.74) is 4.78. The summed E-state index contributed by atoms with van der Waals surface area (Å²) in [6, 6.07) is 1.31. The number of alkyl halides is 1. The third kappa shape index (κ3) is 1.60. The Balaban J connectivity index is 2.90. The molecule has 1 aromatic heterocycles. The molecule has 0 saturated heterocycles. The fourth-order valence-corrected chi connectivity index (χ4v) is 1.56. The van der Waals surface area contributed by atoms with Crippen LogP contribution in [0.2, 0.25) is 0 Å². The van der Waals surface area contributed by atoms with Crippen molar-refractivity contribution in [1.82, 2.24) is 0 Å². The van der Waals surface area contributed by atoms with Gasteiger partial charge in [-0.1, -0.05) is 0 Å². The maximum absolute atomic E-state index is 13.7. The van der Waals surface area contributed by atoms with Crippen LogP contribution in [0.3, 0.4) is 0 Å². The molecule has 2 unspecified atom stereocenters. The van der Waals surface area contributed by atoms with E-state index in [1.165, 1.54) is 18.3 Å². The zero-order valence-corrected chi connectivity index (χ0v) is 7.49. The molecule has 2 atom stereocenters. The van der Waals surface area contributed by atoms with Crippen molar-refractivity contribution in [1.29, 1.82) is 0 Å². The maximum Gasteiger partial charge on any atom is 0.148 e. The van der Waals surface area contributed by atoms with Crippen LogP contribution in [0.1, 0.15) is 19.4 Å². The Hall–Kier alpha value is -0.410. The summed E-state index contributed by atoms with van der Waals surface area (Å²) in [5.74, 6) is 0. The van der Waals surface area contributed by atoms with Gasteiger partial charge in [0.05, 0.1) is 0 Å². The molecule has 0 aliphatic rings. The van der Waals surface area contributed by atoms with E-state index in [-0.39, 0.29) is 0 Å². The zero-order chi connectivity index (χ0) is 8.48. The summed E-state index contributed by atoms with van der Waals surface area (Å²) >= 11 is 1.49. The van der Waals surface area contributed by atoms with Crippen LogP contribution >= 0.6 is 11.3 Å². The molecule has 0 saturated carbocycles. The van der Waals surface area contributed by atoms with Crippen molar-refractivity contribution in [2.45, 2.75) is 25.6 Å². The SMILES string of the molecule is CC(N)C(C)(F)c1ccsc1. The van der Waals surface area contributed by atoms with Crippen molar-refractivity contribution in [3.63, 3.8) is 0 Å². The molecule has 1 rings (SSSR count). The van der Waals surface area contributed by atoms with Gasteiger partial charge in [-0.05, 0) is 30.7 Å². The second kappa shape index (κ2) is 2.91. The molecule has 0 spiro atoms. The maximum atomic E-state index is 13.7. The Labute approximate surface area is 70.0 Å². The molecule has 1 aromatic rings. The number of nitrogens with two attached hydrogens (primary N) is 1. The van der Waals surface area contributed by atoms with Gasteiger partial charge >= 0.3 is 0 Å². The quantitative estimate of drug-likeness (QED) is 0.729. The van der Waals surface area contributed by atoms with Gasteiger partial charge in [-0.2, -0.15) is 11.3 Å². The normalized spacial score (nSPS) is 19.3. The molecule has 3 heteroatoms. The predicted molar refractivity (Wildman–Crippen MR) is 46.4 cm³/mol. The molecular formula is C8H12FNS. The minimum Gasteiger partial charge on any atom is -0.325 e. The summed E-state index contributed by atoms with van der Waals surface area (Å²) in [5, 5.41) is 3.65. The first kappa shape index (κ1) is 8.68. The topological polar surface area (TPSA) is 26.0 Å². The average Bonchev–Trinajstić information content (AvgIpc) is 2.37. The van der Waals surface area contributed by atoms with E-state index in [1.54, 1.807) is 18.4 Å². The Morgan fingerprint density at radius 3 is 2.73 bits per heavy atom. The fraction of sp³-hybridized carbons (Fsp3) is 0.500. The number of rotatable bonds is 2. The average molecular weight is 173 g/mol. The standard InChI is InChI=1S/C8H12FNS/c1-6(10)8(2,9)7-3-4-11-5-7/h3-6H,10H2,1-2H3. The molecule has 1 heterocycles. The molecule has 0 aliphatic carbocycles. The summed E-state index contributed by atoms with van der Waals surface area (Å²) in [6.07, 6.45) is 0. The summed E-state index contributed by atoms with van der Waals surface area (Å²) in [6.45, 7) is 3.19. The summed E-state index contributed by atoms with van der Waals surface area (Å²) < 4.78 is 13.7. The van der Waals surface area contributed by atoms with Crippen LogP contribution in [0, 0.1) is 0 Å². The molecule has 0 radical (unpaired) electrons. The van der Waals surface area contributed by atoms with Gasteiger partial charge < -0.3 is 5.73 Å². The van der Waals surface area contributed by atoms with E-state index < -0.39 is 11.7 Å². The zero-order valence-electron chi connectivity index (χ0n) is 6.67. The van der Waals surface area contributed by atoms with Crippen molar-refractivity contribution in [2.75, 3.05) is 0 Å². The van der Waals surface area contributed by atoms with Crippen molar-refractivity contribution in [3.8, 4) is 0 Å². The van der Waals surface area contributed by atoms with Gasteiger partial charge in [0, 0.05) is 11.6 Å². The second-order valence-electron chi connectivity index (χ2n) is 2.88. The summed E-state index contributed by atoms with van der Waals surface area (Å²) in [7, 11) is 0. The van der Waals surface area contributed by atoms with Gasteiger partial charge in [0.25, 0.3) is 0 Å². The number of thiophene rings is 1. The third-order valence-electron chi connectivity index (χ3n) is 1.94. The van der Waals surface area contributed by atoms with Crippen molar-refractivity contribution >= 4 is 11.3 Å². The Bertz CT molecular complexity index is 216. The number of halogens is 1. The first-order valence-corrected chi connectivity index (χ1v) is 4.46. The molecule has 0 aliphatic heterocycles. The van der Waals surface area contributed by atoms with Crippen LogP contribution in [0.4, 0.5) is 4.39 Å². The van der Waals surface area contributed by atoms with Crippen molar-refractivity contribution in [2.24, 2.45) is 5.73 Å². The van der Waals surface area contributed by atoms with Gasteiger partial charge in [-0.25, -0.2) is 4.39 Å². The first-order valence-electron chi connectivity index (χ1n) is 3.52. The van der Waals surface area contributed by atoms with Crippen molar-refractivity contribution < 1.29 is 4.39 Å². The lowest BCUT2D eigenvalue weighted by Crippen LogP contribution is -2.36. The lowest BCUT2D eigenvalue weighted by atomic mass is 9.94. The van der Waals surface area contributed by atoms with E-state index >= 15 is 0 Å². The largest absolute Gasteiger partial charge is 0.325 e. The number of hydrogen-bond donors (Lipinski definition) is 1. The molecular weight excluding hydrogens is 161 g/mol. The molecule has 11 heavy (non-hydrogen) atoms. The first-order chi connectivity index (χ1) is 5.05. The van der Waals surface area contributed by atoms with Gasteiger partial charge in [-0.15, -0.1) is 0 Å². The van der Waals surface area contributed by atoms with Crippen LogP contribution < -0.4 is 5.73 Å². The lowest BCUT2D eigenvalue weighted by molar-refractivity contribution is 0.158. The second-order valence-corrected chi connectivity index (χ2v) is 3.66. The van der Waals surface area contributed by atoms with E-state index in [2.05, 4.69) is 0 Å². The van der Waals surface area contributed by atoms with E-state index in [0.717, 1.165) is 0 Å². The van der Waals surface area contributed by atoms with Crippen LogP contribution in [-0.2, 0) is 5.67 Å². The molecule has 0 aromatic carbocycles. The van der Waals surface area contributed by atoms with E-state index in [1.807, 2.05) is 5.38 Å². The van der Waals surface area contributed by atoms with Crippen molar-refractivity contribution in [3.05, 3.63) is 22.4 Å². The van der Waals surface area contributed by atoms with Crippen LogP contribution in [0.15, 0.2) is 16.8 Å². The van der Waals surface area contributed by atoms with Gasteiger partial charge in [0.15, 0.2) is 0 Å². The highest BCUT2D eigenvalue weighted by atomic mass is 32.1. The summed E-state index contributed by atoms with van der Waals surface area (Å²) in [4.78, 5) is 0. The number of hydrogen-bond acceptors (Lipinski definition) is 2. The Kier molecular flexibility index (Phi) is 2.30. The van der Waals surface area contributed by atoms with Gasteiger partial charge in [-0.3, -0.25) is 0 Å². The van der Waals surface area contributed by atoms with Crippen LogP contribution in [0.5, 0.6) is 0 Å². The van der Waals surface area contributed by atoms with Gasteiger partial charge in [0.1, 0.15) is 5.67 Å². The third-order valence-corrected chi connectivity index (χ3v) is 2.62. The highest BCUT2D eigenvalue weighted by Gasteiger charge is 2.30. The van der Waals surface area contributed by atoms with E-state index in [4.69, 9.17) is 5.73 Å². The fourth-order valence-electron chi connectivity index (χ4n) is 0.806. The highest BCUT2D eigenvalue weighted by molar-refractivity contribution is 7.08. The minimum absolute atomic E-state index is 0.461. The molecule has 62 valence electrons. The molecule has 2 N–H and O–H groups in total. The van der Waals surface area contributed by atoms with Crippen LogP contribution in [-0.4, -0.2) is 6.04 Å². The Morgan fingerprint density at radius 2 is 2.36 bits per heavy atom. The van der Waals surface area contributed by atoms with Gasteiger partial charge in [0.2, 0.25) is 0 Å². The molecule has 0 bridgehead atoms. The molecule has 1 nitrogen and oxygen atoms in total. The lowest BCUT2D eigenvalue weighted by Gasteiger charge is -2.23. The monoisotopic (exact) mass is 173 g/mol. The highest BCUT2D eigenvalue weighted by Crippen LogP contribution is 2.29. The predicted octanol–water partition coefficient (Wildman–Crippen LogP) is 2.28. The Morgan fingerprint density at radius 1 is 1.73 bits per heavy atom. The molecule has 0 fully saturated rings. The van der Waals surface area contributed by atoms with E-state index in [9.17, 15) is 4.39 Å². The minimum atomic E-state index is -1.39. The smallest absolute Gasteiger partial charge is 0.148 e. The van der Waals surface area contributed by atoms with Crippen LogP contribution in [0.25, 0.3) is 0 Å². The molecule has 0 amide bonds.